The number of carboxylic acid groups (broad SMARTS) is 1. The van der Waals surface area contributed by atoms with Gasteiger partial charge in [0, 0.05) is 41.2 Å². The molecule has 0 aliphatic heterocycles. The Bertz CT molecular complexity index is 1320. The summed E-state index contributed by atoms with van der Waals surface area (Å²) in [6.45, 7) is -0.187. The first-order valence-electron chi connectivity index (χ1n) is 11.6. The number of aliphatic hydroxyl groups excluding tert-OH is 1. The van der Waals surface area contributed by atoms with Crippen LogP contribution in [0.4, 0.5) is 10.5 Å². The molecule has 0 fully saturated rings. The van der Waals surface area contributed by atoms with E-state index in [0.29, 0.717) is 17.0 Å². The minimum absolute atomic E-state index is 0.187. The number of hydrogen-bond acceptors (Lipinski definition) is 5. The van der Waals surface area contributed by atoms with Gasteiger partial charge in [-0.1, -0.05) is 60.7 Å². The smallest absolute Gasteiger partial charge is 0.405 e. The van der Waals surface area contributed by atoms with Crippen molar-refractivity contribution >= 4 is 17.7 Å². The molecular weight excluding hydrogens is 470 g/mol. The van der Waals surface area contributed by atoms with Crippen LogP contribution in [0.1, 0.15) is 22.6 Å². The first kappa shape index (κ1) is 25.4. The summed E-state index contributed by atoms with van der Waals surface area (Å²) in [5.41, 5.74) is 4.14. The Morgan fingerprint density at radius 2 is 1.57 bits per heavy atom. The highest BCUT2D eigenvalue weighted by atomic mass is 16.5. The average Bonchev–Trinajstić information content (AvgIpc) is 2.93. The van der Waals surface area contributed by atoms with Crippen LogP contribution in [0.2, 0.25) is 0 Å². The fraction of sp³-hybridized carbons (Fsp3) is 0.138. The van der Waals surface area contributed by atoms with E-state index < -0.39 is 24.0 Å². The highest BCUT2D eigenvalue weighted by Crippen LogP contribution is 2.35. The van der Waals surface area contributed by atoms with Gasteiger partial charge in [0.15, 0.2) is 0 Å². The lowest BCUT2D eigenvalue weighted by Gasteiger charge is -2.27. The number of nitrogens with zero attached hydrogens (tertiary/aromatic N) is 1. The van der Waals surface area contributed by atoms with Gasteiger partial charge in [0.2, 0.25) is 5.91 Å². The summed E-state index contributed by atoms with van der Waals surface area (Å²) < 4.78 is 5.57. The minimum atomic E-state index is -1.31. The topological polar surface area (TPSA) is 121 Å². The molecule has 2 amide bonds. The van der Waals surface area contributed by atoms with Crippen molar-refractivity contribution in [1.82, 2.24) is 10.3 Å². The van der Waals surface area contributed by atoms with Crippen molar-refractivity contribution in [1.29, 1.82) is 0 Å². The molecule has 1 aromatic heterocycles. The molecule has 0 saturated carbocycles. The number of nitrogens with one attached hydrogen (secondary N) is 2. The van der Waals surface area contributed by atoms with Gasteiger partial charge in [0.25, 0.3) is 0 Å². The molecule has 0 aliphatic rings. The number of anilines is 1. The largest absolute Gasteiger partial charge is 0.496 e. The molecule has 8 heteroatoms. The monoisotopic (exact) mass is 497 g/mol. The number of amides is 2. The number of benzene rings is 3. The predicted octanol–water partition coefficient (Wildman–Crippen LogP) is 4.66. The molecule has 188 valence electrons. The van der Waals surface area contributed by atoms with E-state index in [0.717, 1.165) is 22.3 Å². The number of carbonyl (C=O) groups excluding carboxylic acids is 1. The van der Waals surface area contributed by atoms with Gasteiger partial charge in [-0.25, -0.2) is 4.79 Å². The van der Waals surface area contributed by atoms with Crippen molar-refractivity contribution in [2.24, 2.45) is 0 Å². The summed E-state index contributed by atoms with van der Waals surface area (Å²) >= 11 is 0. The molecule has 4 N–H and O–H groups in total. The van der Waals surface area contributed by atoms with E-state index in [9.17, 15) is 19.8 Å². The number of rotatable bonds is 9. The van der Waals surface area contributed by atoms with E-state index in [2.05, 4.69) is 15.6 Å². The van der Waals surface area contributed by atoms with Crippen molar-refractivity contribution in [3.63, 3.8) is 0 Å². The number of pyridine rings is 1. The Kier molecular flexibility index (Phi) is 8.12. The molecule has 0 aliphatic carbocycles. The van der Waals surface area contributed by atoms with Crippen LogP contribution < -0.4 is 15.4 Å². The maximum Gasteiger partial charge on any atom is 0.405 e. The Morgan fingerprint density at radius 3 is 2.14 bits per heavy atom. The second-order valence-electron chi connectivity index (χ2n) is 8.32. The maximum absolute atomic E-state index is 13.6. The van der Waals surface area contributed by atoms with Gasteiger partial charge < -0.3 is 25.6 Å². The molecule has 0 saturated heterocycles. The second kappa shape index (κ2) is 11.8. The SMILES string of the molecule is COc1cc(NC(=O)[C@@H](NC(=O)O)C(c2ccccc2)c2ccccc2)ccc1-c1ccncc1CO. The zero-order valence-electron chi connectivity index (χ0n) is 20.2. The summed E-state index contributed by atoms with van der Waals surface area (Å²) in [5, 5.41) is 24.6. The normalized spacial score (nSPS) is 11.5. The summed E-state index contributed by atoms with van der Waals surface area (Å²) in [5.74, 6) is -0.609. The Labute approximate surface area is 214 Å². The van der Waals surface area contributed by atoms with Gasteiger partial charge in [-0.2, -0.15) is 0 Å². The maximum atomic E-state index is 13.6. The molecule has 1 heterocycles. The number of carbonyl (C=O) groups is 2. The standard InChI is InChI=1S/C29H27N3O5/c1-37-25-16-22(12-13-24(25)23-14-15-30-17-21(23)18-33)31-28(34)27(32-29(35)36)26(19-8-4-2-5-9-19)20-10-6-3-7-11-20/h2-17,26-27,32-33H,18H2,1H3,(H,31,34)(H,35,36)/t27-/m0/s1. The van der Waals surface area contributed by atoms with Gasteiger partial charge in [0.05, 0.1) is 13.7 Å². The number of hydrogen-bond donors (Lipinski definition) is 4. The molecule has 0 unspecified atom stereocenters. The van der Waals surface area contributed by atoms with Crippen LogP contribution in [-0.2, 0) is 11.4 Å². The first-order valence-corrected chi connectivity index (χ1v) is 11.6. The van der Waals surface area contributed by atoms with Gasteiger partial charge in [-0.05, 0) is 34.9 Å². The fourth-order valence-corrected chi connectivity index (χ4v) is 4.36. The number of ether oxygens (including phenoxy) is 1. The fourth-order valence-electron chi connectivity index (χ4n) is 4.36. The molecule has 0 spiro atoms. The predicted molar refractivity (Wildman–Crippen MR) is 140 cm³/mol. The lowest BCUT2D eigenvalue weighted by Crippen LogP contribution is -2.47. The van der Waals surface area contributed by atoms with Crippen molar-refractivity contribution in [2.75, 3.05) is 12.4 Å². The molecule has 8 nitrogen and oxygen atoms in total. The quantitative estimate of drug-likeness (QED) is 0.267. The Balaban J connectivity index is 1.69. The number of aliphatic hydroxyl groups is 1. The van der Waals surface area contributed by atoms with E-state index in [4.69, 9.17) is 4.74 Å². The molecular formula is C29H27N3O5. The highest BCUT2D eigenvalue weighted by molar-refractivity contribution is 5.98. The second-order valence-corrected chi connectivity index (χ2v) is 8.32. The summed E-state index contributed by atoms with van der Waals surface area (Å²) in [4.78, 5) is 29.4. The van der Waals surface area contributed by atoms with Crippen LogP contribution in [-0.4, -0.2) is 40.3 Å². The molecule has 1 atom stereocenters. The number of methoxy groups -OCH3 is 1. The third kappa shape index (κ3) is 5.94. The van der Waals surface area contributed by atoms with Crippen molar-refractivity contribution in [2.45, 2.75) is 18.6 Å². The molecule has 37 heavy (non-hydrogen) atoms. The van der Waals surface area contributed by atoms with Crippen LogP contribution in [0.15, 0.2) is 97.3 Å². The van der Waals surface area contributed by atoms with E-state index in [1.165, 1.54) is 7.11 Å². The number of aromatic nitrogens is 1. The van der Waals surface area contributed by atoms with Crippen molar-refractivity contribution in [3.05, 3.63) is 114 Å². The average molecular weight is 498 g/mol. The van der Waals surface area contributed by atoms with Gasteiger partial charge in [-0.3, -0.25) is 9.78 Å². The lowest BCUT2D eigenvalue weighted by molar-refractivity contribution is -0.118. The van der Waals surface area contributed by atoms with Crippen LogP contribution in [0, 0.1) is 0 Å². The minimum Gasteiger partial charge on any atom is -0.496 e. The van der Waals surface area contributed by atoms with Crippen molar-refractivity contribution in [3.8, 4) is 16.9 Å². The Morgan fingerprint density at radius 1 is 0.919 bits per heavy atom. The van der Waals surface area contributed by atoms with E-state index in [1.807, 2.05) is 60.7 Å². The zero-order chi connectivity index (χ0) is 26.2. The lowest BCUT2D eigenvalue weighted by atomic mass is 9.84. The van der Waals surface area contributed by atoms with Gasteiger partial charge in [-0.15, -0.1) is 0 Å². The van der Waals surface area contributed by atoms with E-state index >= 15 is 0 Å². The zero-order valence-corrected chi connectivity index (χ0v) is 20.2. The van der Waals surface area contributed by atoms with E-state index in [-0.39, 0.29) is 6.61 Å². The van der Waals surface area contributed by atoms with Gasteiger partial charge >= 0.3 is 6.09 Å². The van der Waals surface area contributed by atoms with Crippen LogP contribution in [0.3, 0.4) is 0 Å². The molecule has 3 aromatic carbocycles. The van der Waals surface area contributed by atoms with Crippen LogP contribution in [0.5, 0.6) is 5.75 Å². The van der Waals surface area contributed by atoms with Crippen LogP contribution >= 0.6 is 0 Å². The molecule has 0 bridgehead atoms. The Hall–Kier alpha value is -4.69. The summed E-state index contributed by atoms with van der Waals surface area (Å²) in [6, 6.07) is 24.4. The van der Waals surface area contributed by atoms with Crippen LogP contribution in [0.25, 0.3) is 11.1 Å². The summed E-state index contributed by atoms with van der Waals surface area (Å²) in [6.07, 6.45) is 1.90. The van der Waals surface area contributed by atoms with Crippen molar-refractivity contribution < 1.29 is 24.5 Å². The first-order chi connectivity index (χ1) is 18.0. The summed E-state index contributed by atoms with van der Waals surface area (Å²) in [7, 11) is 1.51. The molecule has 4 aromatic rings. The van der Waals surface area contributed by atoms with E-state index in [1.54, 1.807) is 36.7 Å². The highest BCUT2D eigenvalue weighted by Gasteiger charge is 2.32. The molecule has 4 rings (SSSR count). The van der Waals surface area contributed by atoms with Gasteiger partial charge in [0.1, 0.15) is 11.8 Å². The third-order valence-electron chi connectivity index (χ3n) is 6.05. The third-order valence-corrected chi connectivity index (χ3v) is 6.05. The molecule has 0 radical (unpaired) electrons.